The monoisotopic (exact) mass is 201 g/mol. The molecule has 2 rings (SSSR count). The molecule has 0 saturated heterocycles. The molecule has 0 unspecified atom stereocenters. The van der Waals surface area contributed by atoms with Crippen molar-refractivity contribution in [2.75, 3.05) is 0 Å². The fourth-order valence-corrected chi connectivity index (χ4v) is 2.39. The van der Waals surface area contributed by atoms with Crippen molar-refractivity contribution in [1.29, 1.82) is 0 Å². The molecule has 0 amide bonds. The molecule has 0 N–H and O–H groups in total. The van der Waals surface area contributed by atoms with Crippen molar-refractivity contribution in [3.63, 3.8) is 0 Å². The zero-order chi connectivity index (χ0) is 10.8. The summed E-state index contributed by atoms with van der Waals surface area (Å²) in [7, 11) is 0. The summed E-state index contributed by atoms with van der Waals surface area (Å²) in [6.45, 7) is 6.74. The van der Waals surface area contributed by atoms with Gasteiger partial charge in [0.25, 0.3) is 0 Å². The highest BCUT2D eigenvalue weighted by molar-refractivity contribution is 5.46. The lowest BCUT2D eigenvalue weighted by Gasteiger charge is -2.16. The Hall–Kier alpha value is -0.780. The van der Waals surface area contributed by atoms with Gasteiger partial charge in [-0.15, -0.1) is 0 Å². The summed E-state index contributed by atoms with van der Waals surface area (Å²) in [5, 5.41) is 0. The second kappa shape index (κ2) is 4.38. The van der Waals surface area contributed by atoms with E-state index >= 15 is 0 Å². The van der Waals surface area contributed by atoms with Gasteiger partial charge in [-0.25, -0.2) is 0 Å². The van der Waals surface area contributed by atoms with Crippen molar-refractivity contribution >= 4 is 0 Å². The Morgan fingerprint density at radius 1 is 1.27 bits per heavy atom. The number of benzene rings is 1. The Morgan fingerprint density at radius 3 is 2.53 bits per heavy atom. The van der Waals surface area contributed by atoms with Crippen LogP contribution in [0.2, 0.25) is 0 Å². The minimum absolute atomic E-state index is 0.873. The first kappa shape index (κ1) is 10.7. The summed E-state index contributed by atoms with van der Waals surface area (Å²) in [4.78, 5) is 0. The van der Waals surface area contributed by atoms with Crippen LogP contribution in [0.3, 0.4) is 0 Å². The summed E-state index contributed by atoms with van der Waals surface area (Å²) in [5.41, 5.74) is 4.78. The molecule has 0 aliphatic heterocycles. The smallest absolute Gasteiger partial charge is 0.000901 e. The molecule has 0 heteroatoms. The molecule has 0 bridgehead atoms. The van der Waals surface area contributed by atoms with Gasteiger partial charge >= 0.3 is 0 Å². The summed E-state index contributed by atoms with van der Waals surface area (Å²) >= 11 is 0. The first-order valence-electron chi connectivity index (χ1n) is 6.16. The van der Waals surface area contributed by atoms with E-state index in [4.69, 9.17) is 0 Å². The summed E-state index contributed by atoms with van der Waals surface area (Å²) in [6.07, 6.45) is 5.31. The average Bonchev–Trinajstić information content (AvgIpc) is 3.01. The van der Waals surface area contributed by atoms with Crippen molar-refractivity contribution < 1.29 is 0 Å². The van der Waals surface area contributed by atoms with Gasteiger partial charge in [0.1, 0.15) is 0 Å². The molecule has 1 aliphatic rings. The van der Waals surface area contributed by atoms with E-state index in [2.05, 4.69) is 39.0 Å². The highest BCUT2D eigenvalue weighted by Crippen LogP contribution is 2.45. The molecule has 0 aromatic heterocycles. The number of aryl methyl sites for hydroxylation is 1. The third-order valence-electron chi connectivity index (χ3n) is 3.24. The molecule has 0 heterocycles. The van der Waals surface area contributed by atoms with Gasteiger partial charge in [-0.05, 0) is 47.8 Å². The fourth-order valence-electron chi connectivity index (χ4n) is 2.39. The molecule has 1 aliphatic carbocycles. The SMILES string of the molecule is CCCc1cccc([C](C)C)c1C1CC1. The van der Waals surface area contributed by atoms with Crippen LogP contribution in [-0.4, -0.2) is 0 Å². The van der Waals surface area contributed by atoms with E-state index in [9.17, 15) is 0 Å². The van der Waals surface area contributed by atoms with Crippen LogP contribution in [0.25, 0.3) is 0 Å². The average molecular weight is 201 g/mol. The van der Waals surface area contributed by atoms with Crippen LogP contribution in [0.4, 0.5) is 0 Å². The summed E-state index contributed by atoms with van der Waals surface area (Å²) in [5.74, 6) is 2.34. The van der Waals surface area contributed by atoms with Gasteiger partial charge in [-0.2, -0.15) is 0 Å². The normalized spacial score (nSPS) is 16.0. The van der Waals surface area contributed by atoms with Gasteiger partial charge in [0.15, 0.2) is 0 Å². The quantitative estimate of drug-likeness (QED) is 0.674. The third kappa shape index (κ3) is 2.25. The fraction of sp³-hybridized carbons (Fsp3) is 0.533. The van der Waals surface area contributed by atoms with Crippen LogP contribution in [-0.2, 0) is 6.42 Å². The standard InChI is InChI=1S/C15H21/c1-4-6-12-7-5-8-14(11(2)3)15(12)13-9-10-13/h5,7-8,13H,4,6,9-10H2,1-3H3. The Bertz CT molecular complexity index is 332. The highest BCUT2D eigenvalue weighted by atomic mass is 14.3. The van der Waals surface area contributed by atoms with E-state index < -0.39 is 0 Å². The predicted octanol–water partition coefficient (Wildman–Crippen LogP) is 4.48. The lowest BCUT2D eigenvalue weighted by molar-refractivity contribution is 0.887. The van der Waals surface area contributed by atoms with E-state index in [0.29, 0.717) is 0 Å². The molecule has 15 heavy (non-hydrogen) atoms. The topological polar surface area (TPSA) is 0 Å². The maximum absolute atomic E-state index is 2.32. The van der Waals surface area contributed by atoms with E-state index in [-0.39, 0.29) is 0 Å². The van der Waals surface area contributed by atoms with Crippen molar-refractivity contribution in [3.8, 4) is 0 Å². The number of hydrogen-bond acceptors (Lipinski definition) is 0. The lowest BCUT2D eigenvalue weighted by Crippen LogP contribution is -2.00. The first-order valence-corrected chi connectivity index (χ1v) is 6.16. The van der Waals surface area contributed by atoms with Gasteiger partial charge in [0.05, 0.1) is 0 Å². The van der Waals surface area contributed by atoms with E-state index in [1.807, 2.05) is 0 Å². The van der Waals surface area contributed by atoms with Crippen molar-refractivity contribution in [3.05, 3.63) is 40.8 Å². The second-order valence-electron chi connectivity index (χ2n) is 4.90. The van der Waals surface area contributed by atoms with Crippen LogP contribution in [0.5, 0.6) is 0 Å². The van der Waals surface area contributed by atoms with Crippen LogP contribution in [0, 0.1) is 5.92 Å². The van der Waals surface area contributed by atoms with Gasteiger partial charge in [-0.3, -0.25) is 0 Å². The Labute approximate surface area is 93.7 Å². The van der Waals surface area contributed by atoms with Crippen LogP contribution < -0.4 is 0 Å². The minimum Gasteiger partial charge on any atom is -0.0651 e. The van der Waals surface area contributed by atoms with E-state index in [0.717, 1.165) is 5.92 Å². The molecule has 0 nitrogen and oxygen atoms in total. The molecule has 1 saturated carbocycles. The van der Waals surface area contributed by atoms with Crippen LogP contribution >= 0.6 is 0 Å². The molecular formula is C15H21. The zero-order valence-electron chi connectivity index (χ0n) is 10.1. The minimum atomic E-state index is 0.873. The molecule has 1 aromatic rings. The van der Waals surface area contributed by atoms with Gasteiger partial charge in [0, 0.05) is 0 Å². The molecule has 0 atom stereocenters. The maximum Gasteiger partial charge on any atom is -0.000901 e. The highest BCUT2D eigenvalue weighted by Gasteiger charge is 2.28. The number of hydrogen-bond donors (Lipinski definition) is 0. The number of rotatable bonds is 4. The molecule has 1 aromatic carbocycles. The van der Waals surface area contributed by atoms with Gasteiger partial charge in [-0.1, -0.05) is 45.4 Å². The molecule has 81 valence electrons. The van der Waals surface area contributed by atoms with E-state index in [1.165, 1.54) is 37.2 Å². The van der Waals surface area contributed by atoms with Gasteiger partial charge in [0.2, 0.25) is 0 Å². The maximum atomic E-state index is 2.32. The first-order chi connectivity index (χ1) is 7.24. The molecular weight excluding hydrogens is 180 g/mol. The van der Waals surface area contributed by atoms with Crippen LogP contribution in [0.15, 0.2) is 18.2 Å². The second-order valence-corrected chi connectivity index (χ2v) is 4.90. The summed E-state index contributed by atoms with van der Waals surface area (Å²) < 4.78 is 0. The molecule has 1 radical (unpaired) electrons. The Balaban J connectivity index is 2.40. The predicted molar refractivity (Wildman–Crippen MR) is 66.1 cm³/mol. The van der Waals surface area contributed by atoms with Crippen molar-refractivity contribution in [2.24, 2.45) is 0 Å². The largest absolute Gasteiger partial charge is 0.0651 e. The molecule has 0 spiro atoms. The Kier molecular flexibility index (Phi) is 3.14. The van der Waals surface area contributed by atoms with Crippen molar-refractivity contribution in [1.82, 2.24) is 0 Å². The molecule has 1 fully saturated rings. The summed E-state index contributed by atoms with van der Waals surface area (Å²) in [6, 6.07) is 6.84. The van der Waals surface area contributed by atoms with Crippen LogP contribution in [0.1, 0.15) is 62.6 Å². The lowest BCUT2D eigenvalue weighted by atomic mass is 9.89. The van der Waals surface area contributed by atoms with E-state index in [1.54, 1.807) is 11.1 Å². The third-order valence-corrected chi connectivity index (χ3v) is 3.24. The Morgan fingerprint density at radius 2 is 2.00 bits per heavy atom. The zero-order valence-corrected chi connectivity index (χ0v) is 10.1. The van der Waals surface area contributed by atoms with Gasteiger partial charge < -0.3 is 0 Å². The van der Waals surface area contributed by atoms with Crippen molar-refractivity contribution in [2.45, 2.75) is 52.4 Å².